The van der Waals surface area contributed by atoms with E-state index in [-0.39, 0.29) is 44.4 Å². The van der Waals surface area contributed by atoms with E-state index in [0.717, 1.165) is 5.56 Å². The molecule has 7 N–H and O–H groups in total. The summed E-state index contributed by atoms with van der Waals surface area (Å²) in [6, 6.07) is 5.12. The number of benzene rings is 1. The highest BCUT2D eigenvalue weighted by Gasteiger charge is 2.44. The molecule has 0 unspecified atom stereocenters. The average Bonchev–Trinajstić information content (AvgIpc) is 3.25. The first kappa shape index (κ1) is 39.7. The van der Waals surface area contributed by atoms with E-state index in [0.29, 0.717) is 17.7 Å². The summed E-state index contributed by atoms with van der Waals surface area (Å²) in [5.41, 5.74) is -0.653. The lowest BCUT2D eigenvalue weighted by atomic mass is 9.73. The summed E-state index contributed by atoms with van der Waals surface area (Å²) in [4.78, 5) is 95.0. The zero-order chi connectivity index (χ0) is 36.4. The number of nitrogens with one attached hydrogen (secondary N) is 3. The summed E-state index contributed by atoms with van der Waals surface area (Å²) in [5, 5.41) is 7.01. The van der Waals surface area contributed by atoms with Crippen LogP contribution in [0.15, 0.2) is 36.8 Å². The van der Waals surface area contributed by atoms with Gasteiger partial charge in [-0.1, -0.05) is 19.9 Å². The molecule has 0 bridgehead atoms. The Morgan fingerprint density at radius 1 is 1.00 bits per heavy atom. The van der Waals surface area contributed by atoms with Crippen LogP contribution >= 0.6 is 15.2 Å². The van der Waals surface area contributed by atoms with Crippen molar-refractivity contribution in [1.29, 1.82) is 0 Å². The van der Waals surface area contributed by atoms with E-state index in [1.807, 2.05) is 13.8 Å². The first-order chi connectivity index (χ1) is 23.0. The van der Waals surface area contributed by atoms with E-state index in [1.54, 1.807) is 23.5 Å². The van der Waals surface area contributed by atoms with Gasteiger partial charge in [0.25, 0.3) is 5.91 Å². The Hall–Kier alpha value is -3.74. The molecule has 1 aliphatic rings. The fraction of sp³-hybridized carbons (Fsp3) is 0.481. The number of carbonyl (C=O) groups excluding carboxylic acids is 4. The maximum Gasteiger partial charge on any atom is 0.481 e. The third kappa shape index (κ3) is 12.6. The maximum absolute atomic E-state index is 12.7. The van der Waals surface area contributed by atoms with Gasteiger partial charge in [0.1, 0.15) is 5.69 Å². The van der Waals surface area contributed by atoms with Crippen molar-refractivity contribution < 1.29 is 61.9 Å². The van der Waals surface area contributed by atoms with Gasteiger partial charge < -0.3 is 49.6 Å². The number of aromatic nitrogens is 2. The average molecular weight is 728 g/mol. The van der Waals surface area contributed by atoms with E-state index >= 15 is 0 Å². The molecule has 0 saturated carbocycles. The monoisotopic (exact) mass is 728 g/mol. The van der Waals surface area contributed by atoms with Crippen LogP contribution < -0.4 is 20.9 Å². The Bertz CT molecular complexity index is 1550. The lowest BCUT2D eigenvalue weighted by Gasteiger charge is -2.24. The lowest BCUT2D eigenvalue weighted by Crippen LogP contribution is -2.51. The van der Waals surface area contributed by atoms with Gasteiger partial charge in [0.05, 0.1) is 38.5 Å². The van der Waals surface area contributed by atoms with Crippen LogP contribution in [0, 0.1) is 5.92 Å². The first-order valence-electron chi connectivity index (χ1n) is 14.9. The minimum atomic E-state index is -5.34. The summed E-state index contributed by atoms with van der Waals surface area (Å²) >= 11 is 0. The number of hydrogen-bond acceptors (Lipinski definition) is 11. The summed E-state index contributed by atoms with van der Waals surface area (Å²) in [5.74, 6) is -2.44. The Balaban J connectivity index is 1.52. The fourth-order valence-electron chi connectivity index (χ4n) is 4.57. The second kappa shape index (κ2) is 17.8. The molecule has 49 heavy (non-hydrogen) atoms. The minimum absolute atomic E-state index is 0.0732. The quantitative estimate of drug-likeness (QED) is 0.0752. The van der Waals surface area contributed by atoms with Gasteiger partial charge in [0.2, 0.25) is 17.3 Å². The van der Waals surface area contributed by atoms with Gasteiger partial charge in [-0.3, -0.25) is 33.4 Å². The molecule has 1 atom stereocenters. The maximum atomic E-state index is 12.7. The molecule has 1 aromatic carbocycles. The summed E-state index contributed by atoms with van der Waals surface area (Å²) in [6.45, 7) is 3.61. The van der Waals surface area contributed by atoms with E-state index in [1.165, 1.54) is 30.5 Å². The summed E-state index contributed by atoms with van der Waals surface area (Å²) in [7, 11) is -10.0. The van der Waals surface area contributed by atoms with Crippen molar-refractivity contribution in [2.75, 3.05) is 25.1 Å². The van der Waals surface area contributed by atoms with Crippen molar-refractivity contribution in [1.82, 2.24) is 25.9 Å². The molecule has 2 aromatic rings. The molecule has 0 radical (unpaired) electrons. The molecular weight excluding hydrogens is 689 g/mol. The van der Waals surface area contributed by atoms with Crippen LogP contribution in [0.2, 0.25) is 0 Å². The molecule has 0 saturated heterocycles. The second-order valence-corrected chi connectivity index (χ2v) is 15.2. The number of fused-ring (bicyclic) bond motifs is 1. The van der Waals surface area contributed by atoms with E-state index in [4.69, 9.17) is 33.6 Å². The third-order valence-electron chi connectivity index (χ3n) is 6.96. The number of ether oxygens (including phenoxy) is 1. The number of anilines is 1. The Morgan fingerprint density at radius 3 is 2.29 bits per heavy atom. The van der Waals surface area contributed by atoms with Gasteiger partial charge in [0.15, 0.2) is 0 Å². The molecule has 2 heterocycles. The van der Waals surface area contributed by atoms with Gasteiger partial charge in [-0.25, -0.2) is 9.78 Å². The Labute approximate surface area is 282 Å². The molecular formula is C27H39BN6O13P2. The lowest BCUT2D eigenvalue weighted by molar-refractivity contribution is -0.121. The van der Waals surface area contributed by atoms with Gasteiger partial charge in [-0.05, 0) is 42.0 Å². The van der Waals surface area contributed by atoms with Crippen molar-refractivity contribution in [2.45, 2.75) is 57.8 Å². The molecule has 0 spiro atoms. The normalized spacial score (nSPS) is 14.0. The highest BCUT2D eigenvalue weighted by atomic mass is 31.2. The van der Waals surface area contributed by atoms with E-state index in [9.17, 15) is 28.3 Å². The zero-order valence-corrected chi connectivity index (χ0v) is 28.7. The molecule has 1 aromatic heterocycles. The predicted octanol–water partition coefficient (Wildman–Crippen LogP) is 0.620. The molecule has 22 heteroatoms. The highest BCUT2D eigenvalue weighted by Crippen LogP contribution is 2.58. The smallest absolute Gasteiger partial charge is 0.449 e. The van der Waals surface area contributed by atoms with Crippen LogP contribution in [0.3, 0.4) is 0 Å². The van der Waals surface area contributed by atoms with E-state index in [2.05, 4.69) is 20.6 Å². The van der Waals surface area contributed by atoms with Gasteiger partial charge in [0, 0.05) is 31.5 Å². The number of nitrogens with zero attached hydrogens (tertiary/aromatic N) is 3. The second-order valence-electron chi connectivity index (χ2n) is 11.4. The number of hydrogen-bond donors (Lipinski definition) is 7. The standard InChI is InChI=1S/C27H39BN6O13P2/c1-17(2)11-22(32-24(36)14-31-25(37)21-13-29-8-9-30-21)28-46-15-18-6-7-20(12-19(18)16-47-28)34(3)27(38)45-10-4-5-23(35)33-26(48(39,40)41)49(42,43)44/h6-9,12-13,17,22,26H,4-5,10-11,14-16H2,1-3H3,(H,31,37)(H,32,36)(H,33,35)(H2,39,40,41)(H2,42,43,44)/t22-/m1/s1. The number of rotatable bonds is 15. The van der Waals surface area contributed by atoms with Crippen LogP contribution in [-0.2, 0) is 46.0 Å². The third-order valence-corrected chi connectivity index (χ3v) is 10.3. The number of carbonyl (C=O) groups is 4. The highest BCUT2D eigenvalue weighted by molar-refractivity contribution is 7.70. The van der Waals surface area contributed by atoms with Crippen molar-refractivity contribution in [3.63, 3.8) is 0 Å². The molecule has 0 aliphatic carbocycles. The van der Waals surface area contributed by atoms with Gasteiger partial charge in [-0.15, -0.1) is 0 Å². The molecule has 4 amide bonds. The van der Waals surface area contributed by atoms with Crippen molar-refractivity contribution in [3.05, 3.63) is 53.6 Å². The number of amides is 4. The van der Waals surface area contributed by atoms with Crippen LogP contribution in [-0.4, -0.2) is 92.1 Å². The Kier molecular flexibility index (Phi) is 14.4. The predicted molar refractivity (Wildman–Crippen MR) is 173 cm³/mol. The molecule has 268 valence electrons. The SMILES string of the molecule is CC(C)C[C@@H](NC(=O)CNC(=O)c1cnccn1)B1OCc2ccc(N(C)C(=O)OCCCC(=O)NC(P(=O)(O)O)P(=O)(O)O)cc2CO1. The minimum Gasteiger partial charge on any atom is -0.449 e. The van der Waals surface area contributed by atoms with Gasteiger partial charge >= 0.3 is 28.4 Å². The van der Waals surface area contributed by atoms with Crippen LogP contribution in [0.5, 0.6) is 0 Å². The van der Waals surface area contributed by atoms with Crippen molar-refractivity contribution in [3.8, 4) is 0 Å². The summed E-state index contributed by atoms with van der Waals surface area (Å²) in [6.07, 6.45) is 3.28. The Morgan fingerprint density at radius 2 is 1.67 bits per heavy atom. The summed E-state index contributed by atoms with van der Waals surface area (Å²) < 4.78 is 39.9. The molecule has 0 fully saturated rings. The molecule has 1 aliphatic heterocycles. The fourth-order valence-corrected chi connectivity index (χ4v) is 6.76. The van der Waals surface area contributed by atoms with Crippen LogP contribution in [0.4, 0.5) is 10.5 Å². The van der Waals surface area contributed by atoms with E-state index < -0.39 is 64.0 Å². The first-order valence-corrected chi connectivity index (χ1v) is 18.3. The van der Waals surface area contributed by atoms with Gasteiger partial charge in [-0.2, -0.15) is 0 Å². The topological polar surface area (TPSA) is 276 Å². The van der Waals surface area contributed by atoms with Crippen molar-refractivity contribution >= 4 is 51.8 Å². The largest absolute Gasteiger partial charge is 0.481 e. The van der Waals surface area contributed by atoms with Crippen molar-refractivity contribution in [2.24, 2.45) is 5.92 Å². The zero-order valence-electron chi connectivity index (χ0n) is 26.9. The van der Waals surface area contributed by atoms with Crippen LogP contribution in [0.1, 0.15) is 54.7 Å². The molecule has 19 nitrogen and oxygen atoms in total. The van der Waals surface area contributed by atoms with Crippen LogP contribution in [0.25, 0.3) is 0 Å². The molecule has 3 rings (SSSR count).